The van der Waals surface area contributed by atoms with Crippen LogP contribution in [0.5, 0.6) is 5.75 Å². The van der Waals surface area contributed by atoms with Crippen LogP contribution in [0.4, 0.5) is 5.69 Å². The Balaban J connectivity index is 1.97. The van der Waals surface area contributed by atoms with Crippen LogP contribution < -0.4 is 10.1 Å². The predicted molar refractivity (Wildman–Crippen MR) is 83.9 cm³/mol. The zero-order valence-electron chi connectivity index (χ0n) is 13.1. The minimum absolute atomic E-state index is 0.0576. The van der Waals surface area contributed by atoms with Gasteiger partial charge in [0.25, 0.3) is 5.91 Å². The van der Waals surface area contributed by atoms with Crippen LogP contribution in [0.25, 0.3) is 0 Å². The molecule has 0 aliphatic rings. The summed E-state index contributed by atoms with van der Waals surface area (Å²) in [5.41, 5.74) is 3.19. The first-order valence-corrected chi connectivity index (χ1v) is 7.21. The van der Waals surface area contributed by atoms with E-state index in [1.54, 1.807) is 24.3 Å². The molecule has 2 rings (SSSR count). The van der Waals surface area contributed by atoms with Gasteiger partial charge < -0.3 is 15.2 Å². The van der Waals surface area contributed by atoms with Crippen LogP contribution >= 0.6 is 0 Å². The maximum absolute atomic E-state index is 12.0. The summed E-state index contributed by atoms with van der Waals surface area (Å²) < 4.78 is 7.29. The normalized spacial score (nSPS) is 10.5. The third-order valence-electron chi connectivity index (χ3n) is 3.40. The van der Waals surface area contributed by atoms with Crippen molar-refractivity contribution in [3.63, 3.8) is 0 Å². The number of amides is 1. The molecule has 0 radical (unpaired) electrons. The molecule has 0 aliphatic carbocycles. The van der Waals surface area contributed by atoms with Crippen molar-refractivity contribution in [2.24, 2.45) is 0 Å². The lowest BCUT2D eigenvalue weighted by Crippen LogP contribution is -2.21. The SMILES string of the molecule is CCn1nc(C)c(NC(=O)COc2cccc(CO)c2)c1C. The van der Waals surface area contributed by atoms with Crippen LogP contribution in [0.15, 0.2) is 24.3 Å². The first-order chi connectivity index (χ1) is 10.5. The molecule has 0 saturated carbocycles. The molecule has 0 spiro atoms. The van der Waals surface area contributed by atoms with Crippen molar-refractivity contribution in [3.8, 4) is 5.75 Å². The molecule has 0 aliphatic heterocycles. The van der Waals surface area contributed by atoms with Crippen molar-refractivity contribution in [3.05, 3.63) is 41.2 Å². The number of benzene rings is 1. The first-order valence-electron chi connectivity index (χ1n) is 7.21. The van der Waals surface area contributed by atoms with Crippen molar-refractivity contribution >= 4 is 11.6 Å². The van der Waals surface area contributed by atoms with Gasteiger partial charge in [-0.1, -0.05) is 12.1 Å². The lowest BCUT2D eigenvalue weighted by atomic mass is 10.2. The fraction of sp³-hybridized carbons (Fsp3) is 0.375. The Hall–Kier alpha value is -2.34. The molecule has 1 amide bonds. The van der Waals surface area contributed by atoms with Crippen molar-refractivity contribution in [1.82, 2.24) is 9.78 Å². The van der Waals surface area contributed by atoms with Crippen LogP contribution in [0, 0.1) is 13.8 Å². The number of hydrogen-bond donors (Lipinski definition) is 2. The highest BCUT2D eigenvalue weighted by molar-refractivity contribution is 5.93. The number of aliphatic hydroxyl groups is 1. The fourth-order valence-corrected chi connectivity index (χ4v) is 2.24. The Morgan fingerprint density at radius 1 is 1.41 bits per heavy atom. The van der Waals surface area contributed by atoms with Gasteiger partial charge in [-0.25, -0.2) is 0 Å². The van der Waals surface area contributed by atoms with Gasteiger partial charge in [0, 0.05) is 6.54 Å². The van der Waals surface area contributed by atoms with Gasteiger partial charge in [-0.2, -0.15) is 5.10 Å². The Bertz CT molecular complexity index is 665. The molecule has 2 aromatic rings. The molecular weight excluding hydrogens is 282 g/mol. The molecule has 0 atom stereocenters. The van der Waals surface area contributed by atoms with E-state index in [0.29, 0.717) is 5.75 Å². The maximum atomic E-state index is 12.0. The number of nitrogens with zero attached hydrogens (tertiary/aromatic N) is 2. The number of nitrogens with one attached hydrogen (secondary N) is 1. The average molecular weight is 303 g/mol. The van der Waals surface area contributed by atoms with Crippen LogP contribution in [0.2, 0.25) is 0 Å². The highest BCUT2D eigenvalue weighted by Crippen LogP contribution is 2.19. The Kier molecular flexibility index (Phi) is 5.16. The van der Waals surface area contributed by atoms with E-state index in [9.17, 15) is 4.79 Å². The number of aromatic nitrogens is 2. The minimum Gasteiger partial charge on any atom is -0.484 e. The highest BCUT2D eigenvalue weighted by Gasteiger charge is 2.13. The van der Waals surface area contributed by atoms with Gasteiger partial charge in [0.1, 0.15) is 5.75 Å². The number of carbonyl (C=O) groups excluding carboxylic acids is 1. The van der Waals surface area contributed by atoms with E-state index in [1.807, 2.05) is 25.5 Å². The molecule has 1 heterocycles. The monoisotopic (exact) mass is 303 g/mol. The van der Waals surface area contributed by atoms with Crippen LogP contribution in [0.1, 0.15) is 23.9 Å². The summed E-state index contributed by atoms with van der Waals surface area (Å²) in [7, 11) is 0. The summed E-state index contributed by atoms with van der Waals surface area (Å²) in [6.45, 7) is 6.39. The molecule has 2 N–H and O–H groups in total. The van der Waals surface area contributed by atoms with Gasteiger partial charge >= 0.3 is 0 Å². The van der Waals surface area contributed by atoms with Crippen molar-refractivity contribution in [2.45, 2.75) is 33.9 Å². The largest absolute Gasteiger partial charge is 0.484 e. The van der Waals surface area contributed by atoms with Gasteiger partial charge in [0.05, 0.1) is 23.7 Å². The second-order valence-electron chi connectivity index (χ2n) is 5.00. The van der Waals surface area contributed by atoms with Crippen molar-refractivity contribution in [1.29, 1.82) is 0 Å². The average Bonchev–Trinajstić information content (AvgIpc) is 2.80. The first kappa shape index (κ1) is 16.0. The summed E-state index contributed by atoms with van der Waals surface area (Å²) in [6.07, 6.45) is 0. The number of carbonyl (C=O) groups is 1. The van der Waals surface area contributed by atoms with E-state index in [1.165, 1.54) is 0 Å². The molecule has 0 bridgehead atoms. The predicted octanol–water partition coefficient (Wildman–Crippen LogP) is 2.03. The van der Waals surface area contributed by atoms with Crippen LogP contribution in [-0.4, -0.2) is 27.4 Å². The zero-order chi connectivity index (χ0) is 16.1. The van der Waals surface area contributed by atoms with Gasteiger partial charge in [-0.3, -0.25) is 9.48 Å². The van der Waals surface area contributed by atoms with Crippen LogP contribution in [-0.2, 0) is 17.9 Å². The molecule has 22 heavy (non-hydrogen) atoms. The van der Waals surface area contributed by atoms with Crippen molar-refractivity contribution in [2.75, 3.05) is 11.9 Å². The molecule has 6 nitrogen and oxygen atoms in total. The molecule has 1 aromatic heterocycles. The Morgan fingerprint density at radius 2 is 2.18 bits per heavy atom. The van der Waals surface area contributed by atoms with E-state index in [0.717, 1.165) is 29.2 Å². The summed E-state index contributed by atoms with van der Waals surface area (Å²) >= 11 is 0. The summed E-state index contributed by atoms with van der Waals surface area (Å²) in [6, 6.07) is 7.02. The highest BCUT2D eigenvalue weighted by atomic mass is 16.5. The molecule has 0 saturated heterocycles. The van der Waals surface area contributed by atoms with E-state index in [4.69, 9.17) is 9.84 Å². The van der Waals surface area contributed by atoms with Gasteiger partial charge in [-0.05, 0) is 38.5 Å². The maximum Gasteiger partial charge on any atom is 0.262 e. The van der Waals surface area contributed by atoms with E-state index < -0.39 is 0 Å². The zero-order valence-corrected chi connectivity index (χ0v) is 13.1. The van der Waals surface area contributed by atoms with Crippen LogP contribution in [0.3, 0.4) is 0 Å². The molecule has 0 unspecified atom stereocenters. The second-order valence-corrected chi connectivity index (χ2v) is 5.00. The standard InChI is InChI=1S/C16H21N3O3/c1-4-19-12(3)16(11(2)18-19)17-15(21)10-22-14-7-5-6-13(8-14)9-20/h5-8,20H,4,9-10H2,1-3H3,(H,17,21). The third kappa shape index (κ3) is 3.65. The van der Waals surface area contributed by atoms with E-state index in [-0.39, 0.29) is 19.1 Å². The number of hydrogen-bond acceptors (Lipinski definition) is 4. The van der Waals surface area contributed by atoms with Crippen molar-refractivity contribution < 1.29 is 14.6 Å². The minimum atomic E-state index is -0.240. The molecular formula is C16H21N3O3. The summed E-state index contributed by atoms with van der Waals surface area (Å²) in [5, 5.41) is 16.3. The number of ether oxygens (including phenoxy) is 1. The second kappa shape index (κ2) is 7.09. The molecule has 118 valence electrons. The smallest absolute Gasteiger partial charge is 0.262 e. The molecule has 0 fully saturated rings. The number of anilines is 1. The van der Waals surface area contributed by atoms with Gasteiger partial charge in [0.2, 0.25) is 0 Å². The topological polar surface area (TPSA) is 76.4 Å². The number of rotatable bonds is 6. The number of aryl methyl sites for hydroxylation is 2. The summed E-state index contributed by atoms with van der Waals surface area (Å²) in [4.78, 5) is 12.0. The molecule has 6 heteroatoms. The fourth-order valence-electron chi connectivity index (χ4n) is 2.24. The van der Waals surface area contributed by atoms with Gasteiger partial charge in [-0.15, -0.1) is 0 Å². The molecule has 1 aromatic carbocycles. The quantitative estimate of drug-likeness (QED) is 0.856. The van der Waals surface area contributed by atoms with E-state index >= 15 is 0 Å². The lowest BCUT2D eigenvalue weighted by molar-refractivity contribution is -0.118. The summed E-state index contributed by atoms with van der Waals surface area (Å²) in [5.74, 6) is 0.315. The Morgan fingerprint density at radius 3 is 2.82 bits per heavy atom. The lowest BCUT2D eigenvalue weighted by Gasteiger charge is -2.09. The van der Waals surface area contributed by atoms with Gasteiger partial charge in [0.15, 0.2) is 6.61 Å². The third-order valence-corrected chi connectivity index (χ3v) is 3.40. The van der Waals surface area contributed by atoms with E-state index in [2.05, 4.69) is 10.4 Å². The Labute approximate surface area is 129 Å². The number of aliphatic hydroxyl groups excluding tert-OH is 1.